The maximum absolute atomic E-state index is 11.9. The second-order valence-electron chi connectivity index (χ2n) is 4.92. The van der Waals surface area contributed by atoms with E-state index in [1.807, 2.05) is 6.08 Å². The first-order valence-electron chi connectivity index (χ1n) is 6.17. The fourth-order valence-corrected chi connectivity index (χ4v) is 3.28. The Labute approximate surface area is 92.1 Å². The smallest absolute Gasteiger partial charge is 0.139 e. The molecule has 0 spiro atoms. The summed E-state index contributed by atoms with van der Waals surface area (Å²) in [5.41, 5.74) is 0.127. The van der Waals surface area contributed by atoms with Crippen molar-refractivity contribution in [3.63, 3.8) is 0 Å². The van der Waals surface area contributed by atoms with Crippen LogP contribution in [0.3, 0.4) is 0 Å². The first-order valence-corrected chi connectivity index (χ1v) is 6.17. The molecule has 2 aliphatic rings. The minimum Gasteiger partial charge on any atom is -0.310 e. The molecule has 2 atom stereocenters. The van der Waals surface area contributed by atoms with E-state index in [1.54, 1.807) is 0 Å². The van der Waals surface area contributed by atoms with Crippen LogP contribution in [0.25, 0.3) is 0 Å². The molecule has 1 N–H and O–H groups in total. The summed E-state index contributed by atoms with van der Waals surface area (Å²) < 4.78 is 0. The molecule has 0 aromatic carbocycles. The Morgan fingerprint density at radius 2 is 2.40 bits per heavy atom. The number of Topliss-reactive ketones (excluding diaryl/α,β-unsaturated/α-hetero) is 1. The van der Waals surface area contributed by atoms with E-state index < -0.39 is 0 Å². The van der Waals surface area contributed by atoms with E-state index in [4.69, 9.17) is 0 Å². The third-order valence-electron chi connectivity index (χ3n) is 4.06. The third-order valence-corrected chi connectivity index (χ3v) is 4.06. The van der Waals surface area contributed by atoms with Gasteiger partial charge < -0.3 is 5.32 Å². The second kappa shape index (κ2) is 4.48. The first-order chi connectivity index (χ1) is 7.28. The van der Waals surface area contributed by atoms with Crippen molar-refractivity contribution >= 4 is 5.78 Å². The molecule has 0 unspecified atom stereocenters. The summed E-state index contributed by atoms with van der Waals surface area (Å²) in [6.07, 6.45) is 9.60. The number of rotatable bonds is 3. The van der Waals surface area contributed by atoms with Crippen LogP contribution in [-0.2, 0) is 4.79 Å². The molecule has 15 heavy (non-hydrogen) atoms. The molecular weight excluding hydrogens is 186 g/mol. The van der Waals surface area contributed by atoms with Gasteiger partial charge in [-0.2, -0.15) is 0 Å². The minimum absolute atomic E-state index is 0.127. The fourth-order valence-electron chi connectivity index (χ4n) is 3.28. The Kier molecular flexibility index (Phi) is 3.25. The molecule has 2 fully saturated rings. The number of hydrogen-bond donors (Lipinski definition) is 1. The molecule has 0 radical (unpaired) electrons. The number of hydrogen-bond acceptors (Lipinski definition) is 2. The van der Waals surface area contributed by atoms with E-state index in [1.165, 1.54) is 19.3 Å². The van der Waals surface area contributed by atoms with Crippen LogP contribution in [0.4, 0.5) is 0 Å². The van der Waals surface area contributed by atoms with E-state index in [2.05, 4.69) is 11.9 Å². The molecule has 1 heterocycles. The first kappa shape index (κ1) is 10.9. The highest BCUT2D eigenvalue weighted by atomic mass is 16.1. The molecule has 2 rings (SSSR count). The molecule has 0 aromatic heterocycles. The van der Waals surface area contributed by atoms with Crippen molar-refractivity contribution in [2.45, 2.75) is 50.5 Å². The van der Waals surface area contributed by atoms with Gasteiger partial charge in [0.15, 0.2) is 0 Å². The number of ketones is 1. The SMILES string of the molecule is C=CCC[C@]12CCCC[C@@H]1C(=O)CCN2. The van der Waals surface area contributed by atoms with E-state index in [-0.39, 0.29) is 5.54 Å². The number of fused-ring (bicyclic) bond motifs is 1. The van der Waals surface area contributed by atoms with E-state index in [9.17, 15) is 4.79 Å². The Balaban J connectivity index is 2.14. The van der Waals surface area contributed by atoms with Crippen LogP contribution in [-0.4, -0.2) is 17.9 Å². The quantitative estimate of drug-likeness (QED) is 0.720. The van der Waals surface area contributed by atoms with Crippen molar-refractivity contribution in [2.75, 3.05) is 6.54 Å². The highest BCUT2D eigenvalue weighted by molar-refractivity contribution is 5.83. The molecule has 0 amide bonds. The lowest BCUT2D eigenvalue weighted by Crippen LogP contribution is -2.59. The number of allylic oxidation sites excluding steroid dienone is 1. The van der Waals surface area contributed by atoms with Crippen LogP contribution in [0.2, 0.25) is 0 Å². The van der Waals surface area contributed by atoms with Crippen molar-refractivity contribution in [2.24, 2.45) is 5.92 Å². The summed E-state index contributed by atoms with van der Waals surface area (Å²) in [5.74, 6) is 0.789. The topological polar surface area (TPSA) is 29.1 Å². The molecule has 84 valence electrons. The van der Waals surface area contributed by atoms with Gasteiger partial charge in [-0.1, -0.05) is 18.9 Å². The van der Waals surface area contributed by atoms with Gasteiger partial charge in [0.1, 0.15) is 5.78 Å². The maximum atomic E-state index is 11.9. The normalized spacial score (nSPS) is 36.0. The lowest BCUT2D eigenvalue weighted by atomic mass is 9.66. The summed E-state index contributed by atoms with van der Waals surface area (Å²) in [7, 11) is 0. The van der Waals surface area contributed by atoms with Crippen molar-refractivity contribution < 1.29 is 4.79 Å². The average molecular weight is 207 g/mol. The standard InChI is InChI=1S/C13H21NO/c1-2-3-8-13-9-5-4-6-11(13)12(15)7-10-14-13/h2,11,14H,1,3-10H2/t11-,13+/m1/s1. The minimum atomic E-state index is 0.127. The molecule has 2 nitrogen and oxygen atoms in total. The molecule has 1 aliphatic carbocycles. The van der Waals surface area contributed by atoms with Gasteiger partial charge in [-0.15, -0.1) is 6.58 Å². The molecule has 2 heteroatoms. The molecule has 1 saturated carbocycles. The van der Waals surface area contributed by atoms with Crippen LogP contribution in [0.5, 0.6) is 0 Å². The molecule has 0 aromatic rings. The van der Waals surface area contributed by atoms with Gasteiger partial charge in [0, 0.05) is 24.4 Å². The van der Waals surface area contributed by atoms with Crippen LogP contribution >= 0.6 is 0 Å². The van der Waals surface area contributed by atoms with Gasteiger partial charge in [0.25, 0.3) is 0 Å². The molecular formula is C13H21NO. The highest BCUT2D eigenvalue weighted by Crippen LogP contribution is 2.40. The Hall–Kier alpha value is -0.630. The zero-order chi connectivity index (χ0) is 10.7. The third kappa shape index (κ3) is 2.00. The second-order valence-corrected chi connectivity index (χ2v) is 4.92. The Morgan fingerprint density at radius 1 is 1.53 bits per heavy atom. The van der Waals surface area contributed by atoms with Crippen molar-refractivity contribution in [3.05, 3.63) is 12.7 Å². The van der Waals surface area contributed by atoms with Gasteiger partial charge in [0.05, 0.1) is 0 Å². The van der Waals surface area contributed by atoms with Crippen LogP contribution < -0.4 is 5.32 Å². The number of piperidine rings is 1. The molecule has 1 saturated heterocycles. The van der Waals surface area contributed by atoms with E-state index in [0.29, 0.717) is 11.7 Å². The van der Waals surface area contributed by atoms with Crippen LogP contribution in [0.1, 0.15) is 44.9 Å². The lowest BCUT2D eigenvalue weighted by Gasteiger charge is -2.47. The predicted octanol–water partition coefficient (Wildman–Crippen LogP) is 2.44. The van der Waals surface area contributed by atoms with Gasteiger partial charge in [-0.3, -0.25) is 4.79 Å². The number of nitrogens with one attached hydrogen (secondary N) is 1. The Morgan fingerprint density at radius 3 is 3.20 bits per heavy atom. The largest absolute Gasteiger partial charge is 0.310 e. The summed E-state index contributed by atoms with van der Waals surface area (Å²) >= 11 is 0. The van der Waals surface area contributed by atoms with E-state index in [0.717, 1.165) is 32.2 Å². The number of carbonyl (C=O) groups is 1. The maximum Gasteiger partial charge on any atom is 0.139 e. The van der Waals surface area contributed by atoms with E-state index >= 15 is 0 Å². The van der Waals surface area contributed by atoms with Gasteiger partial charge in [0.2, 0.25) is 0 Å². The molecule has 1 aliphatic heterocycles. The summed E-state index contributed by atoms with van der Waals surface area (Å²) in [6.45, 7) is 4.67. The van der Waals surface area contributed by atoms with Crippen LogP contribution in [0, 0.1) is 5.92 Å². The average Bonchev–Trinajstić information content (AvgIpc) is 2.27. The zero-order valence-corrected chi connectivity index (χ0v) is 9.43. The number of carbonyl (C=O) groups excluding carboxylic acids is 1. The Bertz CT molecular complexity index is 257. The van der Waals surface area contributed by atoms with Gasteiger partial charge >= 0.3 is 0 Å². The summed E-state index contributed by atoms with van der Waals surface area (Å²) in [4.78, 5) is 11.9. The van der Waals surface area contributed by atoms with Gasteiger partial charge in [-0.05, 0) is 25.7 Å². The highest BCUT2D eigenvalue weighted by Gasteiger charge is 2.45. The van der Waals surface area contributed by atoms with Crippen molar-refractivity contribution in [3.8, 4) is 0 Å². The predicted molar refractivity (Wildman–Crippen MR) is 61.7 cm³/mol. The monoisotopic (exact) mass is 207 g/mol. The van der Waals surface area contributed by atoms with Crippen LogP contribution in [0.15, 0.2) is 12.7 Å². The lowest BCUT2D eigenvalue weighted by molar-refractivity contribution is -0.129. The zero-order valence-electron chi connectivity index (χ0n) is 9.43. The van der Waals surface area contributed by atoms with Crippen molar-refractivity contribution in [1.82, 2.24) is 5.32 Å². The van der Waals surface area contributed by atoms with Gasteiger partial charge in [-0.25, -0.2) is 0 Å². The molecule has 0 bridgehead atoms. The fraction of sp³-hybridized carbons (Fsp3) is 0.769. The van der Waals surface area contributed by atoms with Crippen molar-refractivity contribution in [1.29, 1.82) is 0 Å². The summed E-state index contributed by atoms with van der Waals surface area (Å²) in [5, 5.41) is 3.63. The summed E-state index contributed by atoms with van der Waals surface area (Å²) in [6, 6.07) is 0.